The van der Waals surface area contributed by atoms with E-state index in [0.29, 0.717) is 27.2 Å². The number of rotatable bonds is 4. The Hall–Kier alpha value is -1.24. The van der Waals surface area contributed by atoms with Gasteiger partial charge in [-0.2, -0.15) is 8.78 Å². The third-order valence-corrected chi connectivity index (χ3v) is 3.94. The second-order valence-electron chi connectivity index (χ2n) is 3.99. The second-order valence-corrected chi connectivity index (χ2v) is 5.95. The quantitative estimate of drug-likeness (QED) is 0.589. The van der Waals surface area contributed by atoms with Crippen LogP contribution in [0.4, 0.5) is 14.5 Å². The van der Waals surface area contributed by atoms with Gasteiger partial charge < -0.3 is 5.32 Å². The van der Waals surface area contributed by atoms with Crippen molar-refractivity contribution in [2.45, 2.75) is 15.5 Å². The molecule has 2 aromatic rings. The van der Waals surface area contributed by atoms with Gasteiger partial charge in [0, 0.05) is 9.79 Å². The first-order valence-electron chi connectivity index (χ1n) is 5.81. The van der Waals surface area contributed by atoms with E-state index in [9.17, 15) is 13.6 Å². The summed E-state index contributed by atoms with van der Waals surface area (Å²) in [6.45, 7) is 0. The second kappa shape index (κ2) is 7.15. The Morgan fingerprint density at radius 3 is 2.67 bits per heavy atom. The van der Waals surface area contributed by atoms with Crippen molar-refractivity contribution in [1.29, 1.82) is 0 Å². The molecule has 0 bridgehead atoms. The van der Waals surface area contributed by atoms with Crippen LogP contribution < -0.4 is 5.32 Å². The van der Waals surface area contributed by atoms with Gasteiger partial charge in [-0.25, -0.2) is 0 Å². The standard InChI is InChI=1S/C14H10ClF2NOS2/c15-10-6-5-8(20)7-9(10)13(19)18-11-3-1-2-4-12(11)21-14(16)17/h1-7,14,20H,(H,18,19). The van der Waals surface area contributed by atoms with E-state index >= 15 is 0 Å². The Kier molecular flexibility index (Phi) is 5.50. The average Bonchev–Trinajstić information content (AvgIpc) is 2.43. The highest BCUT2D eigenvalue weighted by atomic mass is 35.5. The number of nitrogens with one attached hydrogen (secondary N) is 1. The van der Waals surface area contributed by atoms with Crippen molar-refractivity contribution < 1.29 is 13.6 Å². The van der Waals surface area contributed by atoms with E-state index in [1.165, 1.54) is 12.1 Å². The molecule has 7 heteroatoms. The number of halogens is 3. The lowest BCUT2D eigenvalue weighted by Crippen LogP contribution is -2.13. The van der Waals surface area contributed by atoms with E-state index in [1.807, 2.05) is 0 Å². The van der Waals surface area contributed by atoms with Crippen molar-refractivity contribution in [3.63, 3.8) is 0 Å². The van der Waals surface area contributed by atoms with Crippen LogP contribution >= 0.6 is 36.0 Å². The molecule has 0 atom stereocenters. The highest BCUT2D eigenvalue weighted by Crippen LogP contribution is 2.32. The molecule has 0 spiro atoms. The minimum Gasteiger partial charge on any atom is -0.321 e. The number of alkyl halides is 2. The molecule has 0 heterocycles. The topological polar surface area (TPSA) is 29.1 Å². The number of carbonyl (C=O) groups is 1. The number of benzene rings is 2. The van der Waals surface area contributed by atoms with Gasteiger partial charge in [0.25, 0.3) is 11.7 Å². The lowest BCUT2D eigenvalue weighted by Gasteiger charge is -2.11. The van der Waals surface area contributed by atoms with Crippen molar-refractivity contribution in [1.82, 2.24) is 0 Å². The van der Waals surface area contributed by atoms with Crippen LogP contribution in [-0.4, -0.2) is 11.7 Å². The molecule has 1 amide bonds. The van der Waals surface area contributed by atoms with Crippen LogP contribution in [0.5, 0.6) is 0 Å². The SMILES string of the molecule is O=C(Nc1ccccc1SC(F)F)c1cc(S)ccc1Cl. The molecule has 2 nitrogen and oxygen atoms in total. The average molecular weight is 346 g/mol. The first-order valence-corrected chi connectivity index (χ1v) is 7.51. The van der Waals surface area contributed by atoms with Gasteiger partial charge in [0.1, 0.15) is 0 Å². The molecule has 2 aromatic carbocycles. The fourth-order valence-electron chi connectivity index (χ4n) is 1.65. The molecule has 0 saturated heterocycles. The van der Waals surface area contributed by atoms with Gasteiger partial charge in [0.15, 0.2) is 0 Å². The Bertz CT molecular complexity index is 667. The van der Waals surface area contributed by atoms with Crippen LogP contribution in [0.3, 0.4) is 0 Å². The smallest absolute Gasteiger partial charge is 0.288 e. The molecular weight excluding hydrogens is 336 g/mol. The van der Waals surface area contributed by atoms with Crippen LogP contribution in [0.15, 0.2) is 52.3 Å². The molecule has 0 unspecified atom stereocenters. The fourth-order valence-corrected chi connectivity index (χ4v) is 2.65. The molecule has 0 aliphatic rings. The van der Waals surface area contributed by atoms with Crippen LogP contribution in [0.25, 0.3) is 0 Å². The summed E-state index contributed by atoms with van der Waals surface area (Å²) in [5, 5.41) is 2.86. The Morgan fingerprint density at radius 2 is 1.95 bits per heavy atom. The van der Waals surface area contributed by atoms with Gasteiger partial charge >= 0.3 is 0 Å². The van der Waals surface area contributed by atoms with Crippen molar-refractivity contribution in [3.8, 4) is 0 Å². The molecular formula is C14H10ClF2NOS2. The van der Waals surface area contributed by atoms with Crippen molar-refractivity contribution in [3.05, 3.63) is 53.1 Å². The lowest BCUT2D eigenvalue weighted by molar-refractivity contribution is 0.102. The summed E-state index contributed by atoms with van der Waals surface area (Å²) in [5.74, 6) is -3.04. The molecule has 2 rings (SSSR count). The zero-order valence-corrected chi connectivity index (χ0v) is 13.0. The third kappa shape index (κ3) is 4.36. The Morgan fingerprint density at radius 1 is 1.24 bits per heavy atom. The lowest BCUT2D eigenvalue weighted by atomic mass is 10.2. The number of hydrogen-bond acceptors (Lipinski definition) is 3. The van der Waals surface area contributed by atoms with Gasteiger partial charge in [0.05, 0.1) is 16.3 Å². The van der Waals surface area contributed by atoms with Gasteiger partial charge in [-0.15, -0.1) is 12.6 Å². The van der Waals surface area contributed by atoms with Gasteiger partial charge in [-0.3, -0.25) is 4.79 Å². The van der Waals surface area contributed by atoms with E-state index in [2.05, 4.69) is 17.9 Å². The molecule has 0 saturated carbocycles. The summed E-state index contributed by atoms with van der Waals surface area (Å²) in [7, 11) is 0. The molecule has 21 heavy (non-hydrogen) atoms. The summed E-state index contributed by atoms with van der Waals surface area (Å²) in [6.07, 6.45) is 0. The molecule has 0 radical (unpaired) electrons. The predicted octanol–water partition coefficient (Wildman–Crippen LogP) is 5.20. The summed E-state index contributed by atoms with van der Waals surface area (Å²) in [4.78, 5) is 13.1. The Balaban J connectivity index is 2.25. The van der Waals surface area contributed by atoms with E-state index in [0.717, 1.165) is 0 Å². The van der Waals surface area contributed by atoms with Crippen molar-refractivity contribution >= 4 is 47.6 Å². The van der Waals surface area contributed by atoms with Crippen molar-refractivity contribution in [2.24, 2.45) is 0 Å². The number of carbonyl (C=O) groups excluding carboxylic acids is 1. The molecule has 0 aromatic heterocycles. The zero-order valence-electron chi connectivity index (χ0n) is 10.5. The van der Waals surface area contributed by atoms with Crippen LogP contribution in [0, 0.1) is 0 Å². The highest BCUT2D eigenvalue weighted by Gasteiger charge is 2.15. The number of thioether (sulfide) groups is 1. The molecule has 110 valence electrons. The van der Waals surface area contributed by atoms with E-state index in [4.69, 9.17) is 11.6 Å². The van der Waals surface area contributed by atoms with Crippen LogP contribution in [-0.2, 0) is 0 Å². The van der Waals surface area contributed by atoms with Gasteiger partial charge in [-0.05, 0) is 30.3 Å². The molecule has 0 fully saturated rings. The monoisotopic (exact) mass is 345 g/mol. The van der Waals surface area contributed by atoms with Gasteiger partial charge in [0.2, 0.25) is 0 Å². The minimum atomic E-state index is -2.56. The number of thiol groups is 1. The maximum atomic E-state index is 12.5. The summed E-state index contributed by atoms with van der Waals surface area (Å²) < 4.78 is 25.0. The summed E-state index contributed by atoms with van der Waals surface area (Å²) >= 11 is 10.5. The van der Waals surface area contributed by atoms with Crippen molar-refractivity contribution in [2.75, 3.05) is 5.32 Å². The number of para-hydroxylation sites is 1. The largest absolute Gasteiger partial charge is 0.321 e. The molecule has 0 aliphatic heterocycles. The molecule has 1 N–H and O–H groups in total. The van der Waals surface area contributed by atoms with Crippen LogP contribution in [0.2, 0.25) is 5.02 Å². The third-order valence-electron chi connectivity index (χ3n) is 2.55. The van der Waals surface area contributed by atoms with E-state index < -0.39 is 11.7 Å². The summed E-state index contributed by atoms with van der Waals surface area (Å²) in [5.41, 5.74) is 0.550. The first kappa shape index (κ1) is 16.1. The normalized spacial score (nSPS) is 10.7. The number of hydrogen-bond donors (Lipinski definition) is 2. The van der Waals surface area contributed by atoms with Gasteiger partial charge in [-0.1, -0.05) is 35.5 Å². The minimum absolute atomic E-state index is 0.237. The predicted molar refractivity (Wildman–Crippen MR) is 85.0 cm³/mol. The molecule has 0 aliphatic carbocycles. The fraction of sp³-hybridized carbons (Fsp3) is 0.0714. The first-order chi connectivity index (χ1) is 9.97. The Labute approximate surface area is 135 Å². The zero-order chi connectivity index (χ0) is 15.4. The van der Waals surface area contributed by atoms with Crippen LogP contribution in [0.1, 0.15) is 10.4 Å². The maximum absolute atomic E-state index is 12.5. The highest BCUT2D eigenvalue weighted by molar-refractivity contribution is 7.99. The number of anilines is 1. The summed E-state index contributed by atoms with van der Waals surface area (Å²) in [6, 6.07) is 11.1. The number of amides is 1. The van der Waals surface area contributed by atoms with E-state index in [-0.39, 0.29) is 10.6 Å². The van der Waals surface area contributed by atoms with E-state index in [1.54, 1.807) is 30.3 Å². The maximum Gasteiger partial charge on any atom is 0.288 e.